The summed E-state index contributed by atoms with van der Waals surface area (Å²) in [6.07, 6.45) is -0.621. The highest BCUT2D eigenvalue weighted by atomic mass is 35.5. The molecule has 1 aromatic heterocycles. The number of halogens is 5. The molecule has 0 unspecified atom stereocenters. The molecule has 1 aliphatic carbocycles. The van der Waals surface area contributed by atoms with Crippen LogP contribution in [0, 0.1) is 5.92 Å². The molecule has 0 aliphatic heterocycles. The summed E-state index contributed by atoms with van der Waals surface area (Å²) >= 11 is 13.0. The van der Waals surface area contributed by atoms with Gasteiger partial charge in [0, 0.05) is 23.9 Å². The van der Waals surface area contributed by atoms with Crippen molar-refractivity contribution in [1.29, 1.82) is 0 Å². The molecule has 4 rings (SSSR count). The molecule has 0 N–H and O–H groups in total. The Kier molecular flexibility index (Phi) is 8.28. The van der Waals surface area contributed by atoms with Gasteiger partial charge in [-0.1, -0.05) is 42.5 Å². The van der Waals surface area contributed by atoms with Crippen molar-refractivity contribution in [3.63, 3.8) is 0 Å². The van der Waals surface area contributed by atoms with Crippen LogP contribution in [-0.4, -0.2) is 41.6 Å². The van der Waals surface area contributed by atoms with Crippen LogP contribution in [0.25, 0.3) is 11.1 Å². The summed E-state index contributed by atoms with van der Waals surface area (Å²) in [7, 11) is -3.42. The second-order valence-electron chi connectivity index (χ2n) is 9.50. The quantitative estimate of drug-likeness (QED) is 0.278. The lowest BCUT2D eigenvalue weighted by Crippen LogP contribution is -2.33. The molecule has 1 saturated carbocycles. The molecule has 1 fully saturated rings. The van der Waals surface area contributed by atoms with Gasteiger partial charge < -0.3 is 4.74 Å². The Hall–Kier alpha value is -2.07. The normalized spacial score (nSPS) is 20.2. The molecule has 0 bridgehead atoms. The molecule has 3 aromatic rings. The van der Waals surface area contributed by atoms with Crippen molar-refractivity contribution in [1.82, 2.24) is 9.78 Å². The molecule has 11 heteroatoms. The van der Waals surface area contributed by atoms with E-state index in [9.17, 15) is 21.6 Å². The van der Waals surface area contributed by atoms with Crippen LogP contribution in [0.1, 0.15) is 36.4 Å². The number of benzene rings is 2. The van der Waals surface area contributed by atoms with Crippen LogP contribution in [0.15, 0.2) is 65.7 Å². The van der Waals surface area contributed by atoms with Gasteiger partial charge in [-0.15, -0.1) is 23.2 Å². The maximum Gasteiger partial charge on any atom is 0.408 e. The van der Waals surface area contributed by atoms with Crippen LogP contribution >= 0.6 is 23.2 Å². The van der Waals surface area contributed by atoms with Crippen molar-refractivity contribution in [2.24, 2.45) is 5.92 Å². The molecule has 2 aromatic carbocycles. The van der Waals surface area contributed by atoms with E-state index in [0.717, 1.165) is 16.5 Å². The number of ether oxygens (including phenoxy) is 1. The molecule has 0 amide bonds. The molecule has 0 spiro atoms. The van der Waals surface area contributed by atoms with E-state index in [4.69, 9.17) is 27.9 Å². The standard InChI is InChI=1S/C26H27Cl2F3N2O3S/c1-37(34,35)21-9-7-19(8-10-21)23-14-33(17-26(29,30)31)32-24(23)22-11-12-25(27,28)13-20(22)16-36-15-18-5-3-2-4-6-18/h2-10,14,20,22H,11-13,15-17H2,1H3/t20-,22+/m0/s1. The molecule has 200 valence electrons. The number of nitrogens with zero attached hydrogens (tertiary/aromatic N) is 2. The first-order valence-corrected chi connectivity index (χ1v) is 14.4. The van der Waals surface area contributed by atoms with Gasteiger partial charge >= 0.3 is 6.18 Å². The molecule has 37 heavy (non-hydrogen) atoms. The van der Waals surface area contributed by atoms with E-state index in [1.165, 1.54) is 18.3 Å². The zero-order valence-electron chi connectivity index (χ0n) is 20.1. The maximum absolute atomic E-state index is 13.2. The number of hydrogen-bond acceptors (Lipinski definition) is 4. The van der Waals surface area contributed by atoms with Crippen molar-refractivity contribution >= 4 is 33.0 Å². The average molecular weight is 575 g/mol. The minimum Gasteiger partial charge on any atom is -0.376 e. The van der Waals surface area contributed by atoms with E-state index in [1.54, 1.807) is 12.1 Å². The topological polar surface area (TPSA) is 61.2 Å². The van der Waals surface area contributed by atoms with Crippen molar-refractivity contribution in [2.45, 2.75) is 53.7 Å². The largest absolute Gasteiger partial charge is 0.408 e. The third-order valence-electron chi connectivity index (χ3n) is 6.47. The Morgan fingerprint density at radius 3 is 2.41 bits per heavy atom. The van der Waals surface area contributed by atoms with E-state index in [-0.39, 0.29) is 16.7 Å². The van der Waals surface area contributed by atoms with Gasteiger partial charge in [0.2, 0.25) is 0 Å². The predicted molar refractivity (Wildman–Crippen MR) is 137 cm³/mol. The highest BCUT2D eigenvalue weighted by molar-refractivity contribution is 7.90. The van der Waals surface area contributed by atoms with Gasteiger partial charge in [0.05, 0.1) is 23.8 Å². The fourth-order valence-electron chi connectivity index (χ4n) is 4.75. The molecule has 0 saturated heterocycles. The Morgan fingerprint density at radius 2 is 1.78 bits per heavy atom. The molecular weight excluding hydrogens is 548 g/mol. The zero-order chi connectivity index (χ0) is 26.8. The fourth-order valence-corrected chi connectivity index (χ4v) is 5.99. The third kappa shape index (κ3) is 7.50. The van der Waals surface area contributed by atoms with E-state index in [0.29, 0.717) is 49.3 Å². The first-order chi connectivity index (χ1) is 17.3. The van der Waals surface area contributed by atoms with Crippen molar-refractivity contribution < 1.29 is 26.3 Å². The van der Waals surface area contributed by atoms with Crippen molar-refractivity contribution in [2.75, 3.05) is 12.9 Å². The number of aromatic nitrogens is 2. The summed E-state index contributed by atoms with van der Waals surface area (Å²) in [6, 6.07) is 15.7. The Morgan fingerprint density at radius 1 is 1.11 bits per heavy atom. The molecule has 1 aliphatic rings. The minimum atomic E-state index is -4.45. The van der Waals surface area contributed by atoms with Gasteiger partial charge in [0.25, 0.3) is 0 Å². The van der Waals surface area contributed by atoms with E-state index < -0.39 is 26.9 Å². The number of rotatable bonds is 8. The molecular formula is C26H27Cl2F3N2O3S. The second kappa shape index (κ2) is 11.0. The second-order valence-corrected chi connectivity index (χ2v) is 13.2. The van der Waals surface area contributed by atoms with Crippen molar-refractivity contribution in [3.05, 3.63) is 72.1 Å². The summed E-state index contributed by atoms with van der Waals surface area (Å²) in [4.78, 5) is 0.124. The highest BCUT2D eigenvalue weighted by Gasteiger charge is 2.41. The summed E-state index contributed by atoms with van der Waals surface area (Å²) in [5.74, 6) is -0.434. The highest BCUT2D eigenvalue weighted by Crippen LogP contribution is 2.49. The molecule has 1 heterocycles. The summed E-state index contributed by atoms with van der Waals surface area (Å²) < 4.78 is 69.4. The SMILES string of the molecule is CS(=O)(=O)c1ccc(-c2cn(CC(F)(F)F)nc2[C@@H]2CCC(Cl)(Cl)C[C@H]2COCc2ccccc2)cc1. The third-order valence-corrected chi connectivity index (χ3v) is 8.29. The van der Waals surface area contributed by atoms with Crippen molar-refractivity contribution in [3.8, 4) is 11.1 Å². The van der Waals surface area contributed by atoms with Gasteiger partial charge in [-0.2, -0.15) is 18.3 Å². The average Bonchev–Trinajstić information content (AvgIpc) is 3.20. The van der Waals surface area contributed by atoms with Crippen LogP contribution in [0.5, 0.6) is 0 Å². The lowest BCUT2D eigenvalue weighted by atomic mass is 9.76. The van der Waals surface area contributed by atoms with Crippen LogP contribution in [-0.2, 0) is 27.7 Å². The Labute approximate surface area is 224 Å². The van der Waals surface area contributed by atoms with Gasteiger partial charge in [-0.25, -0.2) is 8.42 Å². The number of alkyl halides is 5. The lowest BCUT2D eigenvalue weighted by molar-refractivity contribution is -0.142. The zero-order valence-corrected chi connectivity index (χ0v) is 22.4. The van der Waals surface area contributed by atoms with E-state index in [2.05, 4.69) is 5.10 Å². The fraction of sp³-hybridized carbons (Fsp3) is 0.423. The summed E-state index contributed by atoms with van der Waals surface area (Å²) in [5.41, 5.74) is 2.58. The predicted octanol–water partition coefficient (Wildman–Crippen LogP) is 6.79. The van der Waals surface area contributed by atoms with Crippen LogP contribution in [0.4, 0.5) is 13.2 Å². The Bertz CT molecular complexity index is 1310. The number of hydrogen-bond donors (Lipinski definition) is 0. The van der Waals surface area contributed by atoms with Crippen LogP contribution < -0.4 is 0 Å². The first kappa shape index (κ1) is 28.0. The van der Waals surface area contributed by atoms with E-state index in [1.807, 2.05) is 30.3 Å². The monoisotopic (exact) mass is 574 g/mol. The summed E-state index contributed by atoms with van der Waals surface area (Å²) in [5, 5.41) is 4.37. The first-order valence-electron chi connectivity index (χ1n) is 11.7. The van der Waals surface area contributed by atoms with Gasteiger partial charge in [0.15, 0.2) is 9.84 Å². The van der Waals surface area contributed by atoms with Gasteiger partial charge in [-0.05, 0) is 48.4 Å². The smallest absolute Gasteiger partial charge is 0.376 e. The lowest BCUT2D eigenvalue weighted by Gasteiger charge is -2.37. The molecule has 2 atom stereocenters. The van der Waals surface area contributed by atoms with Crippen LogP contribution in [0.2, 0.25) is 0 Å². The minimum absolute atomic E-state index is 0.124. The van der Waals surface area contributed by atoms with Crippen LogP contribution in [0.3, 0.4) is 0 Å². The molecule has 0 radical (unpaired) electrons. The molecule has 5 nitrogen and oxygen atoms in total. The van der Waals surface area contributed by atoms with Gasteiger partial charge in [0.1, 0.15) is 10.9 Å². The maximum atomic E-state index is 13.2. The number of sulfone groups is 1. The Balaban J connectivity index is 1.67. The van der Waals surface area contributed by atoms with E-state index >= 15 is 0 Å². The summed E-state index contributed by atoms with van der Waals surface area (Å²) in [6.45, 7) is -0.554. The van der Waals surface area contributed by atoms with Gasteiger partial charge in [-0.3, -0.25) is 4.68 Å².